The second kappa shape index (κ2) is 8.30. The van der Waals surface area contributed by atoms with E-state index in [4.69, 9.17) is 4.74 Å². The summed E-state index contributed by atoms with van der Waals surface area (Å²) in [4.78, 5) is 21.0. The van der Waals surface area contributed by atoms with E-state index < -0.39 is 17.6 Å². The third kappa shape index (κ3) is 4.71. The molecular formula is C21H18F3N3O2. The van der Waals surface area contributed by atoms with Crippen molar-refractivity contribution in [3.63, 3.8) is 0 Å². The lowest BCUT2D eigenvalue weighted by Gasteiger charge is -2.12. The van der Waals surface area contributed by atoms with Crippen LogP contribution in [-0.4, -0.2) is 22.5 Å². The first kappa shape index (κ1) is 20.3. The molecule has 0 radical (unpaired) electrons. The van der Waals surface area contributed by atoms with Gasteiger partial charge in [0.25, 0.3) is 5.91 Å². The number of amides is 1. The highest BCUT2D eigenvalue weighted by molar-refractivity contribution is 6.05. The number of ether oxygens (including phenoxy) is 1. The van der Waals surface area contributed by atoms with Crippen LogP contribution >= 0.6 is 0 Å². The standard InChI is InChI=1S/C21H18F3N3O2/c1-3-29-18-7-5-4-6-17(18)27-20(28)16-12-25-19(26-13(16)2)14-8-10-15(11-9-14)21(22,23)24/h4-12H,3H2,1-2H3,(H,27,28). The normalized spacial score (nSPS) is 11.2. The maximum Gasteiger partial charge on any atom is 0.416 e. The number of benzene rings is 2. The smallest absolute Gasteiger partial charge is 0.416 e. The molecule has 1 aromatic heterocycles. The van der Waals surface area contributed by atoms with Gasteiger partial charge in [-0.15, -0.1) is 0 Å². The number of aromatic nitrogens is 2. The molecule has 3 rings (SSSR count). The van der Waals surface area contributed by atoms with E-state index in [9.17, 15) is 18.0 Å². The van der Waals surface area contributed by atoms with E-state index in [0.29, 0.717) is 29.3 Å². The number of carbonyl (C=O) groups is 1. The van der Waals surface area contributed by atoms with Crippen LogP contribution in [0.1, 0.15) is 28.5 Å². The zero-order chi connectivity index (χ0) is 21.0. The molecule has 0 saturated heterocycles. The van der Waals surface area contributed by atoms with Gasteiger partial charge >= 0.3 is 6.18 Å². The number of alkyl halides is 3. The van der Waals surface area contributed by atoms with E-state index >= 15 is 0 Å². The van der Waals surface area contributed by atoms with Gasteiger partial charge in [-0.2, -0.15) is 13.2 Å². The highest BCUT2D eigenvalue weighted by atomic mass is 19.4. The van der Waals surface area contributed by atoms with Crippen LogP contribution in [0.2, 0.25) is 0 Å². The Balaban J connectivity index is 1.82. The number of rotatable bonds is 5. The number of para-hydroxylation sites is 2. The second-order valence-corrected chi connectivity index (χ2v) is 6.15. The molecule has 0 fully saturated rings. The first-order valence-electron chi connectivity index (χ1n) is 8.84. The summed E-state index contributed by atoms with van der Waals surface area (Å²) in [7, 11) is 0. The van der Waals surface area contributed by atoms with Gasteiger partial charge in [0.1, 0.15) is 5.75 Å². The van der Waals surface area contributed by atoms with Crippen molar-refractivity contribution in [3.8, 4) is 17.1 Å². The molecule has 0 atom stereocenters. The van der Waals surface area contributed by atoms with E-state index in [-0.39, 0.29) is 11.4 Å². The number of hydrogen-bond donors (Lipinski definition) is 1. The van der Waals surface area contributed by atoms with E-state index in [1.165, 1.54) is 18.3 Å². The van der Waals surface area contributed by atoms with Crippen molar-refractivity contribution in [3.05, 3.63) is 71.5 Å². The third-order valence-electron chi connectivity index (χ3n) is 4.13. The molecule has 1 heterocycles. The highest BCUT2D eigenvalue weighted by Crippen LogP contribution is 2.30. The molecular weight excluding hydrogens is 383 g/mol. The van der Waals surface area contributed by atoms with Gasteiger partial charge in [0.2, 0.25) is 0 Å². The summed E-state index contributed by atoms with van der Waals surface area (Å²) in [5.41, 5.74) is 0.857. The molecule has 150 valence electrons. The van der Waals surface area contributed by atoms with Crippen LogP contribution in [0.5, 0.6) is 5.75 Å². The van der Waals surface area contributed by atoms with Crippen LogP contribution in [0.25, 0.3) is 11.4 Å². The highest BCUT2D eigenvalue weighted by Gasteiger charge is 2.30. The quantitative estimate of drug-likeness (QED) is 0.644. The van der Waals surface area contributed by atoms with Crippen LogP contribution in [0.3, 0.4) is 0 Å². The Labute approximate surface area is 165 Å². The first-order chi connectivity index (χ1) is 13.8. The summed E-state index contributed by atoms with van der Waals surface area (Å²) >= 11 is 0. The van der Waals surface area contributed by atoms with Gasteiger partial charge < -0.3 is 10.1 Å². The number of carbonyl (C=O) groups excluding carboxylic acids is 1. The molecule has 0 aliphatic heterocycles. The average Bonchev–Trinajstić information content (AvgIpc) is 2.69. The maximum atomic E-state index is 12.7. The van der Waals surface area contributed by atoms with Gasteiger partial charge in [-0.1, -0.05) is 24.3 Å². The number of aryl methyl sites for hydroxylation is 1. The minimum absolute atomic E-state index is 0.238. The summed E-state index contributed by atoms with van der Waals surface area (Å²) < 4.78 is 43.6. The Hall–Kier alpha value is -3.42. The van der Waals surface area contributed by atoms with E-state index in [1.54, 1.807) is 31.2 Å². The minimum atomic E-state index is -4.41. The Morgan fingerprint density at radius 1 is 1.10 bits per heavy atom. The van der Waals surface area contributed by atoms with Crippen molar-refractivity contribution >= 4 is 11.6 Å². The fourth-order valence-corrected chi connectivity index (χ4v) is 2.68. The Bertz CT molecular complexity index is 1020. The largest absolute Gasteiger partial charge is 0.492 e. The lowest BCUT2D eigenvalue weighted by Crippen LogP contribution is -2.15. The molecule has 0 spiro atoms. The Morgan fingerprint density at radius 3 is 2.41 bits per heavy atom. The molecule has 8 heteroatoms. The van der Waals surface area contributed by atoms with Crippen molar-refractivity contribution in [2.24, 2.45) is 0 Å². The Morgan fingerprint density at radius 2 is 1.79 bits per heavy atom. The van der Waals surface area contributed by atoms with Crippen LogP contribution in [-0.2, 0) is 6.18 Å². The zero-order valence-corrected chi connectivity index (χ0v) is 15.7. The lowest BCUT2D eigenvalue weighted by molar-refractivity contribution is -0.137. The van der Waals surface area contributed by atoms with Crippen LogP contribution in [0, 0.1) is 6.92 Å². The monoisotopic (exact) mass is 401 g/mol. The molecule has 1 N–H and O–H groups in total. The maximum absolute atomic E-state index is 12.7. The molecule has 0 saturated carbocycles. The van der Waals surface area contributed by atoms with Gasteiger partial charge in [0.05, 0.1) is 29.1 Å². The summed E-state index contributed by atoms with van der Waals surface area (Å²) in [5, 5.41) is 2.77. The molecule has 5 nitrogen and oxygen atoms in total. The molecule has 29 heavy (non-hydrogen) atoms. The number of anilines is 1. The molecule has 2 aromatic carbocycles. The fraction of sp³-hybridized carbons (Fsp3) is 0.190. The predicted molar refractivity (Wildman–Crippen MR) is 103 cm³/mol. The van der Waals surface area contributed by atoms with Crippen molar-refractivity contribution < 1.29 is 22.7 Å². The topological polar surface area (TPSA) is 64.1 Å². The van der Waals surface area contributed by atoms with Gasteiger partial charge in [-0.25, -0.2) is 9.97 Å². The van der Waals surface area contributed by atoms with E-state index in [1.807, 2.05) is 6.92 Å². The summed E-state index contributed by atoms with van der Waals surface area (Å²) in [6.45, 7) is 3.94. The summed E-state index contributed by atoms with van der Waals surface area (Å²) in [6.07, 6.45) is -3.05. The molecule has 3 aromatic rings. The van der Waals surface area contributed by atoms with Gasteiger partial charge in [0.15, 0.2) is 5.82 Å². The molecule has 0 aliphatic rings. The first-order valence-corrected chi connectivity index (χ1v) is 8.84. The van der Waals surface area contributed by atoms with Crippen LogP contribution < -0.4 is 10.1 Å². The average molecular weight is 401 g/mol. The number of hydrogen-bond acceptors (Lipinski definition) is 4. The Kier molecular flexibility index (Phi) is 5.81. The number of nitrogens with zero attached hydrogens (tertiary/aromatic N) is 2. The lowest BCUT2D eigenvalue weighted by atomic mass is 10.1. The van der Waals surface area contributed by atoms with Crippen molar-refractivity contribution in [2.45, 2.75) is 20.0 Å². The molecule has 1 amide bonds. The van der Waals surface area contributed by atoms with Crippen molar-refractivity contribution in [2.75, 3.05) is 11.9 Å². The van der Waals surface area contributed by atoms with Gasteiger partial charge in [-0.3, -0.25) is 4.79 Å². The van der Waals surface area contributed by atoms with E-state index in [2.05, 4.69) is 15.3 Å². The van der Waals surface area contributed by atoms with Crippen molar-refractivity contribution in [1.82, 2.24) is 9.97 Å². The van der Waals surface area contributed by atoms with E-state index in [0.717, 1.165) is 12.1 Å². The van der Waals surface area contributed by atoms with Crippen LogP contribution in [0.15, 0.2) is 54.7 Å². The third-order valence-corrected chi connectivity index (χ3v) is 4.13. The summed E-state index contributed by atoms with van der Waals surface area (Å²) in [5.74, 6) is 0.374. The SMILES string of the molecule is CCOc1ccccc1NC(=O)c1cnc(-c2ccc(C(F)(F)F)cc2)nc1C. The minimum Gasteiger partial charge on any atom is -0.492 e. The zero-order valence-electron chi connectivity index (χ0n) is 15.7. The molecule has 0 bridgehead atoms. The van der Waals surface area contributed by atoms with Crippen molar-refractivity contribution in [1.29, 1.82) is 0 Å². The number of nitrogens with one attached hydrogen (secondary N) is 1. The number of halogens is 3. The predicted octanol–water partition coefficient (Wildman–Crippen LogP) is 5.12. The molecule has 0 unspecified atom stereocenters. The van der Waals surface area contributed by atoms with Gasteiger partial charge in [-0.05, 0) is 38.1 Å². The summed E-state index contributed by atoms with van der Waals surface area (Å²) in [6, 6.07) is 11.6. The van der Waals surface area contributed by atoms with Crippen LogP contribution in [0.4, 0.5) is 18.9 Å². The fourth-order valence-electron chi connectivity index (χ4n) is 2.68. The van der Waals surface area contributed by atoms with Gasteiger partial charge in [0, 0.05) is 11.8 Å². The second-order valence-electron chi connectivity index (χ2n) is 6.15. The molecule has 0 aliphatic carbocycles.